The summed E-state index contributed by atoms with van der Waals surface area (Å²) in [4.78, 5) is 24.3. The first-order valence-electron chi connectivity index (χ1n) is 11.2. The van der Waals surface area contributed by atoms with Gasteiger partial charge in [0.1, 0.15) is 17.2 Å². The fourth-order valence-corrected chi connectivity index (χ4v) is 4.39. The molecule has 0 saturated heterocycles. The van der Waals surface area contributed by atoms with Crippen LogP contribution in [0.15, 0.2) is 66.7 Å². The third kappa shape index (κ3) is 5.08. The molecular weight excluding hydrogens is 503 g/mol. The van der Waals surface area contributed by atoms with Crippen LogP contribution >= 0.6 is 23.2 Å². The number of hydrogen-bond donors (Lipinski definition) is 2. The first kappa shape index (κ1) is 23.9. The molecule has 1 unspecified atom stereocenters. The molecule has 0 aliphatic carbocycles. The van der Waals surface area contributed by atoms with Crippen LogP contribution < -0.4 is 9.47 Å². The van der Waals surface area contributed by atoms with Gasteiger partial charge in [0, 0.05) is 33.5 Å². The molecular formula is C27H20Cl2N2O5. The molecule has 2 heterocycles. The average Bonchev–Trinajstić information content (AvgIpc) is 3.33. The normalized spacial score (nSPS) is 14.6. The van der Waals surface area contributed by atoms with Crippen LogP contribution in [0.4, 0.5) is 0 Å². The molecule has 0 amide bonds. The average molecular weight is 523 g/mol. The van der Waals surface area contributed by atoms with E-state index in [0.29, 0.717) is 52.1 Å². The van der Waals surface area contributed by atoms with Crippen molar-refractivity contribution in [3.05, 3.63) is 93.6 Å². The molecule has 3 aromatic carbocycles. The lowest BCUT2D eigenvalue weighted by Gasteiger charge is -2.24. The number of carboxylic acid groups (broad SMARTS) is 1. The Morgan fingerprint density at radius 1 is 1.06 bits per heavy atom. The number of aromatic amines is 1. The fourth-order valence-electron chi connectivity index (χ4n) is 4.06. The number of nitrogens with one attached hydrogen (secondary N) is 1. The second kappa shape index (κ2) is 10.0. The second-order valence-electron chi connectivity index (χ2n) is 8.36. The van der Waals surface area contributed by atoms with Gasteiger partial charge in [-0.25, -0.2) is 0 Å². The first-order valence-corrected chi connectivity index (χ1v) is 11.9. The molecule has 36 heavy (non-hydrogen) atoms. The molecule has 0 fully saturated rings. The van der Waals surface area contributed by atoms with Crippen molar-refractivity contribution in [1.82, 2.24) is 10.2 Å². The summed E-state index contributed by atoms with van der Waals surface area (Å²) in [6.07, 6.45) is 0.550. The van der Waals surface area contributed by atoms with E-state index in [4.69, 9.17) is 32.7 Å². The standard InChI is InChI=1S/C27H20Cl2N2O5/c28-17-5-1-15(2-6-17)23-11-18(30-31-23)12-24(32)16-3-7-19(8-4-16)36-26-14-25-21(13-22(26)29)20(27(33)34)9-10-35-25/h1-8,11,13-14,20H,9-10,12H2,(H,30,31)(H,33,34). The molecule has 1 aliphatic rings. The number of fused-ring (bicyclic) bond motifs is 1. The van der Waals surface area contributed by atoms with E-state index in [1.807, 2.05) is 18.2 Å². The Balaban J connectivity index is 1.26. The van der Waals surface area contributed by atoms with Gasteiger partial charge in [0.2, 0.25) is 0 Å². The van der Waals surface area contributed by atoms with E-state index in [2.05, 4.69) is 10.2 Å². The Hall–Kier alpha value is -3.81. The van der Waals surface area contributed by atoms with Crippen molar-refractivity contribution in [3.63, 3.8) is 0 Å². The molecule has 1 atom stereocenters. The van der Waals surface area contributed by atoms with Crippen LogP contribution in [0, 0.1) is 0 Å². The summed E-state index contributed by atoms with van der Waals surface area (Å²) in [6.45, 7) is 0.305. The Morgan fingerprint density at radius 2 is 1.81 bits per heavy atom. The smallest absolute Gasteiger partial charge is 0.311 e. The highest BCUT2D eigenvalue weighted by atomic mass is 35.5. The number of H-pyrrole nitrogens is 1. The number of carboxylic acids is 1. The minimum Gasteiger partial charge on any atom is -0.493 e. The summed E-state index contributed by atoms with van der Waals surface area (Å²) in [7, 11) is 0. The summed E-state index contributed by atoms with van der Waals surface area (Å²) in [5.74, 6) is -0.396. The number of rotatable bonds is 7. The molecule has 1 aliphatic heterocycles. The third-order valence-corrected chi connectivity index (χ3v) is 6.48. The number of carbonyl (C=O) groups excluding carboxylic acids is 1. The molecule has 0 saturated carbocycles. The van der Waals surface area contributed by atoms with E-state index >= 15 is 0 Å². The Labute approximate surface area is 216 Å². The predicted octanol–water partition coefficient (Wildman–Crippen LogP) is 6.55. The lowest BCUT2D eigenvalue weighted by molar-refractivity contribution is -0.139. The summed E-state index contributed by atoms with van der Waals surface area (Å²) in [5.41, 5.74) is 3.39. The van der Waals surface area contributed by atoms with Gasteiger partial charge in [-0.3, -0.25) is 14.7 Å². The maximum Gasteiger partial charge on any atom is 0.311 e. The largest absolute Gasteiger partial charge is 0.493 e. The molecule has 2 N–H and O–H groups in total. The number of hydrogen-bond acceptors (Lipinski definition) is 5. The summed E-state index contributed by atoms with van der Waals surface area (Å²) >= 11 is 12.3. The Bertz CT molecular complexity index is 1430. The van der Waals surface area contributed by atoms with Crippen molar-refractivity contribution >= 4 is 35.0 Å². The monoisotopic (exact) mass is 522 g/mol. The van der Waals surface area contributed by atoms with Crippen molar-refractivity contribution in [2.75, 3.05) is 6.61 Å². The highest BCUT2D eigenvalue weighted by molar-refractivity contribution is 6.32. The van der Waals surface area contributed by atoms with Crippen LogP contribution in [0.1, 0.15) is 34.0 Å². The van der Waals surface area contributed by atoms with E-state index in [1.54, 1.807) is 48.5 Å². The lowest BCUT2D eigenvalue weighted by atomic mass is 9.93. The quantitative estimate of drug-likeness (QED) is 0.267. The first-order chi connectivity index (χ1) is 17.4. The van der Waals surface area contributed by atoms with Crippen molar-refractivity contribution in [2.45, 2.75) is 18.8 Å². The van der Waals surface area contributed by atoms with Crippen LogP contribution in [0.2, 0.25) is 10.0 Å². The highest BCUT2D eigenvalue weighted by Gasteiger charge is 2.29. The van der Waals surface area contributed by atoms with E-state index in [9.17, 15) is 14.7 Å². The fraction of sp³-hybridized carbons (Fsp3) is 0.148. The third-order valence-electron chi connectivity index (χ3n) is 5.93. The number of ether oxygens (including phenoxy) is 2. The molecule has 0 bridgehead atoms. The highest BCUT2D eigenvalue weighted by Crippen LogP contribution is 2.41. The summed E-state index contributed by atoms with van der Waals surface area (Å²) in [6, 6.07) is 19.0. The SMILES string of the molecule is O=C(Cc1cc(-c2ccc(Cl)cc2)n[nH]1)c1ccc(Oc2cc3c(cc2Cl)C(C(=O)O)CCO3)cc1. The predicted molar refractivity (Wildman–Crippen MR) is 136 cm³/mol. The number of ketones is 1. The number of Topliss-reactive ketones (excluding diaryl/α,β-unsaturated/α-hetero) is 1. The maximum atomic E-state index is 12.8. The molecule has 1 aromatic heterocycles. The topological polar surface area (TPSA) is 102 Å². The summed E-state index contributed by atoms with van der Waals surface area (Å²) in [5, 5.41) is 17.6. The minimum atomic E-state index is -0.916. The minimum absolute atomic E-state index is 0.0761. The van der Waals surface area contributed by atoms with Gasteiger partial charge < -0.3 is 14.6 Å². The molecule has 5 rings (SSSR count). The molecule has 0 radical (unpaired) electrons. The van der Waals surface area contributed by atoms with Gasteiger partial charge in [0.15, 0.2) is 5.78 Å². The van der Waals surface area contributed by atoms with Crippen molar-refractivity contribution < 1.29 is 24.2 Å². The van der Waals surface area contributed by atoms with Crippen molar-refractivity contribution in [1.29, 1.82) is 0 Å². The van der Waals surface area contributed by atoms with Crippen LogP contribution in [0.25, 0.3) is 11.3 Å². The zero-order valence-corrected chi connectivity index (χ0v) is 20.3. The molecule has 7 nitrogen and oxygen atoms in total. The number of nitrogens with zero attached hydrogens (tertiary/aromatic N) is 1. The van der Waals surface area contributed by atoms with Crippen LogP contribution in [0.5, 0.6) is 17.2 Å². The van der Waals surface area contributed by atoms with E-state index in [-0.39, 0.29) is 17.2 Å². The van der Waals surface area contributed by atoms with Gasteiger partial charge in [-0.15, -0.1) is 0 Å². The number of aliphatic carboxylic acids is 1. The number of halogens is 2. The Morgan fingerprint density at radius 3 is 2.53 bits per heavy atom. The van der Waals surface area contributed by atoms with E-state index in [0.717, 1.165) is 11.3 Å². The van der Waals surface area contributed by atoms with Crippen LogP contribution in [0.3, 0.4) is 0 Å². The molecule has 4 aromatic rings. The van der Waals surface area contributed by atoms with Gasteiger partial charge in [0.05, 0.1) is 29.7 Å². The summed E-state index contributed by atoms with van der Waals surface area (Å²) < 4.78 is 11.5. The molecule has 9 heteroatoms. The number of carbonyl (C=O) groups is 2. The van der Waals surface area contributed by atoms with Crippen molar-refractivity contribution in [2.24, 2.45) is 0 Å². The maximum absolute atomic E-state index is 12.8. The van der Waals surface area contributed by atoms with E-state index < -0.39 is 11.9 Å². The van der Waals surface area contributed by atoms with Crippen LogP contribution in [-0.2, 0) is 11.2 Å². The zero-order chi connectivity index (χ0) is 25.2. The van der Waals surface area contributed by atoms with Gasteiger partial charge in [0.25, 0.3) is 0 Å². The number of benzene rings is 3. The lowest BCUT2D eigenvalue weighted by Crippen LogP contribution is -2.20. The van der Waals surface area contributed by atoms with Crippen molar-refractivity contribution in [3.8, 4) is 28.5 Å². The second-order valence-corrected chi connectivity index (χ2v) is 9.20. The van der Waals surface area contributed by atoms with Gasteiger partial charge in [-0.2, -0.15) is 5.10 Å². The zero-order valence-electron chi connectivity index (χ0n) is 18.8. The van der Waals surface area contributed by atoms with E-state index in [1.165, 1.54) is 0 Å². The molecule has 0 spiro atoms. The van der Waals surface area contributed by atoms with Gasteiger partial charge in [-0.1, -0.05) is 35.3 Å². The van der Waals surface area contributed by atoms with Crippen LogP contribution in [-0.4, -0.2) is 33.7 Å². The van der Waals surface area contributed by atoms with Gasteiger partial charge >= 0.3 is 5.97 Å². The molecule has 182 valence electrons. The number of aromatic nitrogens is 2. The van der Waals surface area contributed by atoms with Gasteiger partial charge in [-0.05, 0) is 55.0 Å². The Kier molecular flexibility index (Phi) is 6.67.